The minimum absolute atomic E-state index is 0.0312. The van der Waals surface area contributed by atoms with Crippen LogP contribution in [0.4, 0.5) is 6.01 Å². The third kappa shape index (κ3) is 2.87. The molecule has 0 aliphatic carbocycles. The molecule has 1 amide bonds. The standard InChI is InChI=1S/C14H16N4O3/c1-8-4-5-9(11(19)7-8)12(20)16-14-18-17-13(21-14)10-3-2-6-15-10/h4-5,7,10,15,19H,2-3,6H2,1H3,(H,16,18,20). The first-order valence-electron chi connectivity index (χ1n) is 6.81. The summed E-state index contributed by atoms with van der Waals surface area (Å²) in [5.41, 5.74) is 1.04. The van der Waals surface area contributed by atoms with Crippen LogP contribution in [0.15, 0.2) is 22.6 Å². The number of aryl methyl sites for hydroxylation is 1. The van der Waals surface area contributed by atoms with Crippen molar-refractivity contribution in [1.29, 1.82) is 0 Å². The highest BCUT2D eigenvalue weighted by Crippen LogP contribution is 2.24. The lowest BCUT2D eigenvalue weighted by atomic mass is 10.1. The number of anilines is 1. The van der Waals surface area contributed by atoms with Crippen LogP contribution in [0.25, 0.3) is 0 Å². The van der Waals surface area contributed by atoms with Gasteiger partial charge in [0.2, 0.25) is 5.89 Å². The van der Waals surface area contributed by atoms with Crippen LogP contribution in [0.1, 0.15) is 40.7 Å². The molecule has 1 aliphatic heterocycles. The molecule has 3 N–H and O–H groups in total. The van der Waals surface area contributed by atoms with E-state index in [1.165, 1.54) is 6.07 Å². The fraction of sp³-hybridized carbons (Fsp3) is 0.357. The minimum atomic E-state index is -0.484. The second-order valence-electron chi connectivity index (χ2n) is 5.07. The van der Waals surface area contributed by atoms with Gasteiger partial charge in [-0.05, 0) is 44.0 Å². The van der Waals surface area contributed by atoms with Crippen molar-refractivity contribution in [1.82, 2.24) is 15.5 Å². The number of hydrogen-bond donors (Lipinski definition) is 3. The van der Waals surface area contributed by atoms with E-state index in [1.807, 2.05) is 6.92 Å². The normalized spacial score (nSPS) is 17.9. The van der Waals surface area contributed by atoms with Crippen LogP contribution in [0.2, 0.25) is 0 Å². The number of benzene rings is 1. The molecular formula is C14H16N4O3. The third-order valence-corrected chi connectivity index (χ3v) is 3.42. The fourth-order valence-corrected chi connectivity index (χ4v) is 2.32. The van der Waals surface area contributed by atoms with Crippen molar-refractivity contribution in [2.45, 2.75) is 25.8 Å². The second kappa shape index (κ2) is 5.53. The fourth-order valence-electron chi connectivity index (χ4n) is 2.32. The van der Waals surface area contributed by atoms with E-state index in [9.17, 15) is 9.90 Å². The van der Waals surface area contributed by atoms with Gasteiger partial charge in [0.05, 0.1) is 11.6 Å². The van der Waals surface area contributed by atoms with Crippen molar-refractivity contribution >= 4 is 11.9 Å². The van der Waals surface area contributed by atoms with E-state index in [0.717, 1.165) is 24.9 Å². The quantitative estimate of drug-likeness (QED) is 0.795. The Morgan fingerprint density at radius 3 is 3.05 bits per heavy atom. The molecule has 1 aliphatic rings. The molecule has 7 heteroatoms. The number of rotatable bonds is 3. The average molecular weight is 288 g/mol. The zero-order valence-corrected chi connectivity index (χ0v) is 11.6. The minimum Gasteiger partial charge on any atom is -0.507 e. The van der Waals surface area contributed by atoms with Gasteiger partial charge in [0.1, 0.15) is 5.75 Å². The summed E-state index contributed by atoms with van der Waals surface area (Å²) < 4.78 is 5.43. The molecule has 2 heterocycles. The van der Waals surface area contributed by atoms with Gasteiger partial charge in [-0.3, -0.25) is 10.1 Å². The number of amides is 1. The Balaban J connectivity index is 1.72. The van der Waals surface area contributed by atoms with Gasteiger partial charge in [-0.15, -0.1) is 5.10 Å². The van der Waals surface area contributed by atoms with E-state index in [4.69, 9.17) is 4.42 Å². The predicted molar refractivity (Wildman–Crippen MR) is 75.1 cm³/mol. The molecule has 1 atom stereocenters. The summed E-state index contributed by atoms with van der Waals surface area (Å²) in [6.07, 6.45) is 2.00. The summed E-state index contributed by atoms with van der Waals surface area (Å²) in [7, 11) is 0. The molecule has 0 radical (unpaired) electrons. The lowest BCUT2D eigenvalue weighted by molar-refractivity contribution is 0.102. The number of aromatic hydroxyl groups is 1. The van der Waals surface area contributed by atoms with Crippen LogP contribution >= 0.6 is 0 Å². The monoisotopic (exact) mass is 288 g/mol. The number of carbonyl (C=O) groups is 1. The number of carbonyl (C=O) groups excluding carboxylic acids is 1. The lowest BCUT2D eigenvalue weighted by Crippen LogP contribution is -2.13. The van der Waals surface area contributed by atoms with Gasteiger partial charge in [0, 0.05) is 0 Å². The molecular weight excluding hydrogens is 272 g/mol. The van der Waals surface area contributed by atoms with Crippen LogP contribution in [0.3, 0.4) is 0 Å². The molecule has 3 rings (SSSR count). The first kappa shape index (κ1) is 13.6. The molecule has 1 saturated heterocycles. The number of phenolic OH excluding ortho intramolecular Hbond substituents is 1. The molecule has 1 aromatic heterocycles. The maximum absolute atomic E-state index is 12.1. The Bertz CT molecular complexity index is 662. The predicted octanol–water partition coefficient (Wildman–Crippen LogP) is 1.76. The van der Waals surface area contributed by atoms with Gasteiger partial charge < -0.3 is 14.8 Å². The number of phenols is 1. The van der Waals surface area contributed by atoms with Crippen molar-refractivity contribution in [2.24, 2.45) is 0 Å². The third-order valence-electron chi connectivity index (χ3n) is 3.42. The molecule has 0 bridgehead atoms. The van der Waals surface area contributed by atoms with Gasteiger partial charge >= 0.3 is 6.01 Å². The van der Waals surface area contributed by atoms with Crippen LogP contribution < -0.4 is 10.6 Å². The smallest absolute Gasteiger partial charge is 0.322 e. The Hall–Kier alpha value is -2.41. The van der Waals surface area contributed by atoms with Crippen molar-refractivity contribution in [3.05, 3.63) is 35.2 Å². The maximum atomic E-state index is 12.1. The first-order valence-corrected chi connectivity index (χ1v) is 6.81. The summed E-state index contributed by atoms with van der Waals surface area (Å²) in [6, 6.07) is 4.91. The van der Waals surface area contributed by atoms with E-state index in [0.29, 0.717) is 5.89 Å². The number of nitrogens with zero attached hydrogens (tertiary/aromatic N) is 2. The van der Waals surface area contributed by atoms with Gasteiger partial charge in [0.25, 0.3) is 5.91 Å². The highest BCUT2D eigenvalue weighted by Gasteiger charge is 2.23. The van der Waals surface area contributed by atoms with Gasteiger partial charge in [-0.25, -0.2) is 0 Å². The molecule has 0 saturated carbocycles. The zero-order chi connectivity index (χ0) is 14.8. The van der Waals surface area contributed by atoms with Gasteiger partial charge in [0.15, 0.2) is 0 Å². The average Bonchev–Trinajstić information content (AvgIpc) is 3.08. The van der Waals surface area contributed by atoms with Crippen molar-refractivity contribution in [3.63, 3.8) is 0 Å². The van der Waals surface area contributed by atoms with Crippen molar-refractivity contribution < 1.29 is 14.3 Å². The van der Waals surface area contributed by atoms with E-state index in [2.05, 4.69) is 20.8 Å². The summed E-state index contributed by atoms with van der Waals surface area (Å²) in [5.74, 6) is -0.0947. The molecule has 1 fully saturated rings. The summed E-state index contributed by atoms with van der Waals surface area (Å²) in [4.78, 5) is 12.1. The zero-order valence-electron chi connectivity index (χ0n) is 11.6. The molecule has 1 aromatic carbocycles. The van der Waals surface area contributed by atoms with Crippen molar-refractivity contribution in [2.75, 3.05) is 11.9 Å². The molecule has 1 unspecified atom stereocenters. The largest absolute Gasteiger partial charge is 0.507 e. The highest BCUT2D eigenvalue weighted by molar-refractivity contribution is 6.05. The Kier molecular flexibility index (Phi) is 3.57. The van der Waals surface area contributed by atoms with Crippen LogP contribution in [-0.4, -0.2) is 27.8 Å². The number of nitrogens with one attached hydrogen (secondary N) is 2. The molecule has 110 valence electrons. The summed E-state index contributed by atoms with van der Waals surface area (Å²) in [5, 5.41) is 23.2. The van der Waals surface area contributed by atoms with E-state index in [-0.39, 0.29) is 23.4 Å². The summed E-state index contributed by atoms with van der Waals surface area (Å²) >= 11 is 0. The number of hydrogen-bond acceptors (Lipinski definition) is 6. The van der Waals surface area contributed by atoms with Crippen LogP contribution in [-0.2, 0) is 0 Å². The van der Waals surface area contributed by atoms with Crippen LogP contribution in [0.5, 0.6) is 5.75 Å². The SMILES string of the molecule is Cc1ccc(C(=O)Nc2nnc(C3CCCN3)o2)c(O)c1. The van der Waals surface area contributed by atoms with E-state index >= 15 is 0 Å². The summed E-state index contributed by atoms with van der Waals surface area (Å²) in [6.45, 7) is 2.76. The topological polar surface area (TPSA) is 100 Å². The van der Waals surface area contributed by atoms with Gasteiger partial charge in [-0.1, -0.05) is 11.2 Å². The Morgan fingerprint density at radius 2 is 2.33 bits per heavy atom. The Labute approximate surface area is 121 Å². The highest BCUT2D eigenvalue weighted by atomic mass is 16.4. The Morgan fingerprint density at radius 1 is 1.48 bits per heavy atom. The molecule has 7 nitrogen and oxygen atoms in total. The molecule has 0 spiro atoms. The molecule has 21 heavy (non-hydrogen) atoms. The van der Waals surface area contributed by atoms with Crippen LogP contribution in [0, 0.1) is 6.92 Å². The number of aromatic nitrogens is 2. The first-order chi connectivity index (χ1) is 10.1. The second-order valence-corrected chi connectivity index (χ2v) is 5.07. The maximum Gasteiger partial charge on any atom is 0.322 e. The molecule has 2 aromatic rings. The van der Waals surface area contributed by atoms with E-state index in [1.54, 1.807) is 12.1 Å². The van der Waals surface area contributed by atoms with Crippen molar-refractivity contribution in [3.8, 4) is 5.75 Å². The van der Waals surface area contributed by atoms with E-state index < -0.39 is 5.91 Å². The lowest BCUT2D eigenvalue weighted by Gasteiger charge is -2.05. The van der Waals surface area contributed by atoms with Gasteiger partial charge in [-0.2, -0.15) is 0 Å².